The van der Waals surface area contributed by atoms with Gasteiger partial charge in [-0.15, -0.1) is 0 Å². The van der Waals surface area contributed by atoms with Crippen LogP contribution in [-0.4, -0.2) is 35.7 Å². The average molecular weight is 350 g/mol. The van der Waals surface area contributed by atoms with Gasteiger partial charge in [-0.2, -0.15) is 0 Å². The van der Waals surface area contributed by atoms with E-state index in [2.05, 4.69) is 10.6 Å². The minimum Gasteiger partial charge on any atom is -0.449 e. The van der Waals surface area contributed by atoms with Gasteiger partial charge in [-0.3, -0.25) is 10.1 Å². The lowest BCUT2D eigenvalue weighted by Crippen LogP contribution is -2.39. The quantitative estimate of drug-likeness (QED) is 0.796. The number of carbonyl (C=O) groups excluding carboxylic acids is 3. The van der Waals surface area contributed by atoms with Crippen LogP contribution in [0, 0.1) is 0 Å². The number of nitrogens with one attached hydrogen (secondary N) is 2. The van der Waals surface area contributed by atoms with Gasteiger partial charge in [0.15, 0.2) is 6.10 Å². The van der Waals surface area contributed by atoms with E-state index in [1.54, 1.807) is 32.9 Å². The third-order valence-electron chi connectivity index (χ3n) is 2.85. The highest BCUT2D eigenvalue weighted by Crippen LogP contribution is 2.14. The van der Waals surface area contributed by atoms with Gasteiger partial charge in [-0.25, -0.2) is 9.59 Å². The fourth-order valence-electron chi connectivity index (χ4n) is 1.80. The van der Waals surface area contributed by atoms with Crippen LogP contribution >= 0.6 is 0 Å². The van der Waals surface area contributed by atoms with Crippen LogP contribution in [-0.2, 0) is 14.3 Å². The van der Waals surface area contributed by atoms with Gasteiger partial charge >= 0.3 is 12.1 Å². The summed E-state index contributed by atoms with van der Waals surface area (Å²) >= 11 is 0. The van der Waals surface area contributed by atoms with Crippen LogP contribution in [0.5, 0.6) is 0 Å². The zero-order chi connectivity index (χ0) is 19.2. The first-order valence-electron chi connectivity index (χ1n) is 8.09. The largest absolute Gasteiger partial charge is 0.449 e. The zero-order valence-corrected chi connectivity index (χ0v) is 15.5. The third-order valence-corrected chi connectivity index (χ3v) is 2.85. The molecule has 1 rings (SSSR count). The van der Waals surface area contributed by atoms with Crippen LogP contribution in [0.15, 0.2) is 24.3 Å². The standard InChI is InChI=1S/C18H26N2O5/c1-11(2)19-15(21)12(3)24-16(22)13-7-9-14(10-8-13)20-17(23)25-18(4,5)6/h7-12H,1-6H3,(H,19,21)(H,20,23)/t12-/m0/s1. The highest BCUT2D eigenvalue weighted by atomic mass is 16.6. The molecule has 0 aliphatic carbocycles. The highest BCUT2D eigenvalue weighted by Gasteiger charge is 2.20. The van der Waals surface area contributed by atoms with Crippen LogP contribution < -0.4 is 10.6 Å². The summed E-state index contributed by atoms with van der Waals surface area (Å²) in [7, 11) is 0. The van der Waals surface area contributed by atoms with Gasteiger partial charge in [0.2, 0.25) is 0 Å². The zero-order valence-electron chi connectivity index (χ0n) is 15.5. The Labute approximate surface area is 148 Å². The van der Waals surface area contributed by atoms with E-state index in [0.717, 1.165) is 0 Å². The number of esters is 1. The van der Waals surface area contributed by atoms with Crippen LogP contribution in [0.1, 0.15) is 51.9 Å². The van der Waals surface area contributed by atoms with E-state index < -0.39 is 23.8 Å². The fraction of sp³-hybridized carbons (Fsp3) is 0.500. The van der Waals surface area contributed by atoms with Gasteiger partial charge in [-0.05, 0) is 65.8 Å². The lowest BCUT2D eigenvalue weighted by Gasteiger charge is -2.19. The van der Waals surface area contributed by atoms with Gasteiger partial charge in [-0.1, -0.05) is 0 Å². The Kier molecular flexibility index (Phi) is 6.97. The van der Waals surface area contributed by atoms with Crippen LogP contribution in [0.3, 0.4) is 0 Å². The number of benzene rings is 1. The van der Waals surface area contributed by atoms with E-state index in [0.29, 0.717) is 5.69 Å². The Morgan fingerprint density at radius 2 is 1.56 bits per heavy atom. The number of amides is 2. The molecule has 1 atom stereocenters. The summed E-state index contributed by atoms with van der Waals surface area (Å²) in [6.07, 6.45) is -1.48. The van der Waals surface area contributed by atoms with Crippen molar-refractivity contribution in [3.63, 3.8) is 0 Å². The monoisotopic (exact) mass is 350 g/mol. The molecule has 2 amide bonds. The van der Waals surface area contributed by atoms with Crippen molar-refractivity contribution >= 4 is 23.7 Å². The molecule has 25 heavy (non-hydrogen) atoms. The molecule has 7 heteroatoms. The van der Waals surface area contributed by atoms with Gasteiger partial charge in [0, 0.05) is 11.7 Å². The molecule has 0 aliphatic rings. The molecule has 7 nitrogen and oxygen atoms in total. The summed E-state index contributed by atoms with van der Waals surface area (Å²) in [6, 6.07) is 6.08. The highest BCUT2D eigenvalue weighted by molar-refractivity contribution is 5.93. The van der Waals surface area contributed by atoms with Crippen molar-refractivity contribution in [1.82, 2.24) is 5.32 Å². The second-order valence-corrected chi connectivity index (χ2v) is 6.92. The molecule has 0 radical (unpaired) electrons. The van der Waals surface area contributed by atoms with Crippen molar-refractivity contribution in [3.05, 3.63) is 29.8 Å². The second-order valence-electron chi connectivity index (χ2n) is 6.92. The second kappa shape index (κ2) is 8.50. The molecule has 0 bridgehead atoms. The molecule has 1 aromatic rings. The average Bonchev–Trinajstić information content (AvgIpc) is 2.44. The lowest BCUT2D eigenvalue weighted by molar-refractivity contribution is -0.129. The molecule has 138 valence electrons. The van der Waals surface area contributed by atoms with E-state index in [4.69, 9.17) is 9.47 Å². The maximum absolute atomic E-state index is 12.1. The third kappa shape index (κ3) is 7.69. The van der Waals surface area contributed by atoms with Crippen molar-refractivity contribution in [1.29, 1.82) is 0 Å². The van der Waals surface area contributed by atoms with E-state index in [1.807, 2.05) is 13.8 Å². The first-order valence-corrected chi connectivity index (χ1v) is 8.09. The van der Waals surface area contributed by atoms with Crippen molar-refractivity contribution in [2.24, 2.45) is 0 Å². The van der Waals surface area contributed by atoms with E-state index in [9.17, 15) is 14.4 Å². The summed E-state index contributed by atoms with van der Waals surface area (Å²) < 4.78 is 10.3. The molecule has 0 aromatic heterocycles. The Balaban J connectivity index is 2.62. The smallest absolute Gasteiger partial charge is 0.412 e. The Morgan fingerprint density at radius 1 is 1.00 bits per heavy atom. The van der Waals surface area contributed by atoms with E-state index in [1.165, 1.54) is 19.1 Å². The molecular weight excluding hydrogens is 324 g/mol. The first-order chi connectivity index (χ1) is 11.5. The molecule has 0 fully saturated rings. The predicted molar refractivity (Wildman–Crippen MR) is 94.5 cm³/mol. The van der Waals surface area contributed by atoms with Gasteiger partial charge in [0.05, 0.1) is 5.56 Å². The van der Waals surface area contributed by atoms with Crippen molar-refractivity contribution in [2.75, 3.05) is 5.32 Å². The summed E-state index contributed by atoms with van der Waals surface area (Å²) in [6.45, 7) is 10.5. The molecule has 0 spiro atoms. The van der Waals surface area contributed by atoms with Gasteiger partial charge in [0.1, 0.15) is 5.60 Å². The van der Waals surface area contributed by atoms with E-state index >= 15 is 0 Å². The molecular formula is C18H26N2O5. The molecule has 0 aliphatic heterocycles. The number of carbonyl (C=O) groups is 3. The Morgan fingerprint density at radius 3 is 2.04 bits per heavy atom. The molecule has 0 heterocycles. The summed E-state index contributed by atoms with van der Waals surface area (Å²) in [5.74, 6) is -0.971. The van der Waals surface area contributed by atoms with Crippen LogP contribution in [0.25, 0.3) is 0 Å². The van der Waals surface area contributed by atoms with E-state index in [-0.39, 0.29) is 17.5 Å². The summed E-state index contributed by atoms with van der Waals surface area (Å²) in [5, 5.41) is 5.24. The number of hydrogen-bond acceptors (Lipinski definition) is 5. The maximum Gasteiger partial charge on any atom is 0.412 e. The number of hydrogen-bond donors (Lipinski definition) is 2. The predicted octanol–water partition coefficient (Wildman–Crippen LogP) is 3.10. The maximum atomic E-state index is 12.1. The molecule has 1 aromatic carbocycles. The SMILES string of the molecule is CC(C)NC(=O)[C@H](C)OC(=O)c1ccc(NC(=O)OC(C)(C)C)cc1. The van der Waals surface area contributed by atoms with Crippen LogP contribution in [0.2, 0.25) is 0 Å². The van der Waals surface area contributed by atoms with Crippen molar-refractivity contribution in [3.8, 4) is 0 Å². The normalized spacial score (nSPS) is 12.3. The fourth-order valence-corrected chi connectivity index (χ4v) is 1.80. The minimum absolute atomic E-state index is 0.0353. The first kappa shape index (κ1) is 20.5. The van der Waals surface area contributed by atoms with Gasteiger partial charge in [0.25, 0.3) is 5.91 Å². The Bertz CT molecular complexity index is 617. The Hall–Kier alpha value is -2.57. The number of ether oxygens (including phenoxy) is 2. The van der Waals surface area contributed by atoms with Crippen molar-refractivity contribution in [2.45, 2.75) is 59.3 Å². The van der Waals surface area contributed by atoms with Crippen LogP contribution in [0.4, 0.5) is 10.5 Å². The topological polar surface area (TPSA) is 93.7 Å². The molecule has 0 unspecified atom stereocenters. The lowest BCUT2D eigenvalue weighted by atomic mass is 10.2. The van der Waals surface area contributed by atoms with Crippen molar-refractivity contribution < 1.29 is 23.9 Å². The summed E-state index contributed by atoms with van der Waals surface area (Å²) in [4.78, 5) is 35.5. The van der Waals surface area contributed by atoms with Gasteiger partial charge < -0.3 is 14.8 Å². The minimum atomic E-state index is -0.894. The molecule has 0 saturated carbocycles. The number of anilines is 1. The number of rotatable bonds is 5. The molecule has 2 N–H and O–H groups in total. The summed E-state index contributed by atoms with van der Waals surface area (Å²) in [5.41, 5.74) is 0.163. The molecule has 0 saturated heterocycles.